The van der Waals surface area contributed by atoms with Gasteiger partial charge in [0.1, 0.15) is 17.9 Å². The maximum absolute atomic E-state index is 14.0. The smallest absolute Gasteiger partial charge is 0.416 e. The molecule has 3 amide bonds. The number of fused-ring (bicyclic) bond motifs is 1. The van der Waals surface area contributed by atoms with E-state index < -0.39 is 23.7 Å². The molecular formula is C33H34F3N5O5. The molecule has 4 aliphatic rings. The predicted molar refractivity (Wildman–Crippen MR) is 158 cm³/mol. The van der Waals surface area contributed by atoms with Crippen LogP contribution in [-0.2, 0) is 33.6 Å². The Balaban J connectivity index is 0.968. The van der Waals surface area contributed by atoms with Gasteiger partial charge in [0, 0.05) is 63.1 Å². The van der Waals surface area contributed by atoms with Gasteiger partial charge in [-0.1, -0.05) is 6.07 Å². The highest BCUT2D eigenvalue weighted by Crippen LogP contribution is 2.39. The molecule has 2 aromatic carbocycles. The number of likely N-dealkylation sites (tertiary alicyclic amines) is 1. The summed E-state index contributed by atoms with van der Waals surface area (Å²) in [5.41, 5.74) is 2.26. The maximum atomic E-state index is 14.0. The van der Waals surface area contributed by atoms with Crippen LogP contribution >= 0.6 is 0 Å². The molecule has 0 spiro atoms. The number of piperidine rings is 1. The molecule has 0 saturated carbocycles. The van der Waals surface area contributed by atoms with Gasteiger partial charge in [-0.05, 0) is 73.1 Å². The third kappa shape index (κ3) is 6.13. The van der Waals surface area contributed by atoms with E-state index in [2.05, 4.69) is 15.3 Å². The molecule has 1 unspecified atom stereocenters. The summed E-state index contributed by atoms with van der Waals surface area (Å²) in [5, 5.41) is 6.68. The molecule has 0 aliphatic carbocycles. The van der Waals surface area contributed by atoms with Crippen molar-refractivity contribution in [2.45, 2.75) is 69.4 Å². The van der Waals surface area contributed by atoms with Gasteiger partial charge in [-0.15, -0.1) is 0 Å². The van der Waals surface area contributed by atoms with E-state index in [0.29, 0.717) is 68.1 Å². The van der Waals surface area contributed by atoms with E-state index in [0.717, 1.165) is 24.1 Å². The summed E-state index contributed by atoms with van der Waals surface area (Å²) in [6.07, 6.45) is 1.34. The summed E-state index contributed by atoms with van der Waals surface area (Å²) in [4.78, 5) is 40.6. The highest BCUT2D eigenvalue weighted by atomic mass is 19.4. The number of benzene rings is 2. The Bertz CT molecular complexity index is 1670. The van der Waals surface area contributed by atoms with Gasteiger partial charge in [-0.25, -0.2) is 4.68 Å². The van der Waals surface area contributed by atoms with E-state index in [9.17, 15) is 27.6 Å². The first-order valence-electron chi connectivity index (χ1n) is 15.6. The lowest BCUT2D eigenvalue weighted by Gasteiger charge is -2.29. The number of carbonyl (C=O) groups is 3. The summed E-state index contributed by atoms with van der Waals surface area (Å²) < 4.78 is 55.3. The van der Waals surface area contributed by atoms with Gasteiger partial charge >= 0.3 is 6.18 Å². The monoisotopic (exact) mass is 637 g/mol. The third-order valence-corrected chi connectivity index (χ3v) is 9.34. The van der Waals surface area contributed by atoms with Crippen LogP contribution in [0.5, 0.6) is 5.75 Å². The maximum Gasteiger partial charge on any atom is 0.416 e. The number of ether oxygens (including phenoxy) is 2. The molecule has 0 bridgehead atoms. The molecule has 46 heavy (non-hydrogen) atoms. The first-order chi connectivity index (χ1) is 22.1. The Hall–Kier alpha value is -4.23. The molecule has 2 atom stereocenters. The number of nitrogens with one attached hydrogen (secondary N) is 1. The SMILES string of the molecule is O=C1CCC(N2Cc3cc(O[C@H]4CCN(Cc5cnn(-c6ccc(C7CCOCC7)c(C(F)(F)F)c6)c5)C4)ccc3C2=O)C(=O)N1. The molecule has 5 heterocycles. The lowest BCUT2D eigenvalue weighted by atomic mass is 9.88. The molecule has 3 aromatic rings. The van der Waals surface area contributed by atoms with Crippen molar-refractivity contribution in [2.75, 3.05) is 26.3 Å². The zero-order chi connectivity index (χ0) is 32.0. The second kappa shape index (κ2) is 12.2. The number of amides is 3. The number of imide groups is 1. The Kier molecular flexibility index (Phi) is 8.05. The quantitative estimate of drug-likeness (QED) is 0.388. The van der Waals surface area contributed by atoms with Crippen molar-refractivity contribution in [3.8, 4) is 11.4 Å². The van der Waals surface area contributed by atoms with Gasteiger partial charge in [0.2, 0.25) is 11.8 Å². The predicted octanol–water partition coefficient (Wildman–Crippen LogP) is 4.20. The summed E-state index contributed by atoms with van der Waals surface area (Å²) in [6.45, 7) is 3.22. The Morgan fingerprint density at radius 2 is 1.85 bits per heavy atom. The minimum absolute atomic E-state index is 0.0801. The summed E-state index contributed by atoms with van der Waals surface area (Å²) in [6, 6.07) is 9.13. The molecule has 3 saturated heterocycles. The van der Waals surface area contributed by atoms with Crippen molar-refractivity contribution in [1.82, 2.24) is 24.9 Å². The second-order valence-corrected chi connectivity index (χ2v) is 12.4. The van der Waals surface area contributed by atoms with Crippen LogP contribution < -0.4 is 10.1 Å². The van der Waals surface area contributed by atoms with Gasteiger partial charge in [-0.2, -0.15) is 18.3 Å². The van der Waals surface area contributed by atoms with Crippen LogP contribution in [0, 0.1) is 0 Å². The number of hydrogen-bond donors (Lipinski definition) is 1. The standard InChI is InChI=1S/C33H34F3N5O5/c34-33(35,36)28-14-23(1-3-26(28)21-8-11-45-12-9-21)41-17-20(15-37-41)16-39-10-7-25(19-39)46-24-2-4-27-22(13-24)18-40(32(27)44)29-5-6-30(42)38-31(29)43/h1-4,13-15,17,21,25,29H,5-12,16,18-19H2,(H,38,42,43)/t25-,29?/m0/s1. The molecule has 1 aromatic heterocycles. The van der Waals surface area contributed by atoms with Crippen molar-refractivity contribution < 1.29 is 37.0 Å². The second-order valence-electron chi connectivity index (χ2n) is 12.4. The van der Waals surface area contributed by atoms with Crippen LogP contribution in [0.3, 0.4) is 0 Å². The van der Waals surface area contributed by atoms with Gasteiger partial charge in [0.05, 0.1) is 17.4 Å². The molecule has 3 fully saturated rings. The van der Waals surface area contributed by atoms with E-state index >= 15 is 0 Å². The zero-order valence-corrected chi connectivity index (χ0v) is 25.1. The Morgan fingerprint density at radius 3 is 2.63 bits per heavy atom. The fraction of sp³-hybridized carbons (Fsp3) is 0.455. The van der Waals surface area contributed by atoms with E-state index in [1.807, 2.05) is 6.07 Å². The summed E-state index contributed by atoms with van der Waals surface area (Å²) >= 11 is 0. The molecule has 7 rings (SSSR count). The van der Waals surface area contributed by atoms with Gasteiger partial charge < -0.3 is 14.4 Å². The largest absolute Gasteiger partial charge is 0.489 e. The van der Waals surface area contributed by atoms with Gasteiger partial charge in [0.25, 0.3) is 5.91 Å². The van der Waals surface area contributed by atoms with E-state index in [-0.39, 0.29) is 36.8 Å². The lowest BCUT2D eigenvalue weighted by Crippen LogP contribution is -2.52. The molecule has 242 valence electrons. The highest BCUT2D eigenvalue weighted by molar-refractivity contribution is 6.05. The Morgan fingerprint density at radius 1 is 1.02 bits per heavy atom. The van der Waals surface area contributed by atoms with E-state index in [1.165, 1.54) is 15.6 Å². The van der Waals surface area contributed by atoms with Crippen LogP contribution in [0.4, 0.5) is 13.2 Å². The highest BCUT2D eigenvalue weighted by Gasteiger charge is 2.40. The number of carbonyl (C=O) groups excluding carboxylic acids is 3. The first-order valence-corrected chi connectivity index (χ1v) is 15.6. The number of halogens is 3. The zero-order valence-electron chi connectivity index (χ0n) is 25.1. The Labute approximate surface area is 263 Å². The van der Waals surface area contributed by atoms with Crippen LogP contribution in [-0.4, -0.2) is 75.8 Å². The molecular weight excluding hydrogens is 603 g/mol. The topological polar surface area (TPSA) is 106 Å². The molecule has 13 heteroatoms. The number of rotatable bonds is 7. The van der Waals surface area contributed by atoms with E-state index in [4.69, 9.17) is 9.47 Å². The number of nitrogens with zero attached hydrogens (tertiary/aromatic N) is 4. The fourth-order valence-corrected chi connectivity index (χ4v) is 6.99. The van der Waals surface area contributed by atoms with Crippen molar-refractivity contribution >= 4 is 17.7 Å². The van der Waals surface area contributed by atoms with Crippen LogP contribution in [0.2, 0.25) is 0 Å². The summed E-state index contributed by atoms with van der Waals surface area (Å²) in [7, 11) is 0. The average molecular weight is 638 g/mol. The molecule has 1 N–H and O–H groups in total. The van der Waals surface area contributed by atoms with Gasteiger partial charge in [-0.3, -0.25) is 24.6 Å². The number of aromatic nitrogens is 2. The normalized spacial score (nSPS) is 22.8. The fourth-order valence-electron chi connectivity index (χ4n) is 6.99. The van der Waals surface area contributed by atoms with Gasteiger partial charge in [0.15, 0.2) is 0 Å². The van der Waals surface area contributed by atoms with Crippen LogP contribution in [0.1, 0.15) is 70.6 Å². The summed E-state index contributed by atoms with van der Waals surface area (Å²) in [5.74, 6) is -0.532. The first kappa shape index (κ1) is 30.4. The van der Waals surface area contributed by atoms with Crippen molar-refractivity contribution in [1.29, 1.82) is 0 Å². The lowest BCUT2D eigenvalue weighted by molar-refractivity contribution is -0.139. The number of hydrogen-bond acceptors (Lipinski definition) is 7. The van der Waals surface area contributed by atoms with E-state index in [1.54, 1.807) is 36.7 Å². The van der Waals surface area contributed by atoms with Crippen molar-refractivity contribution in [3.05, 3.63) is 76.6 Å². The minimum atomic E-state index is -4.47. The van der Waals surface area contributed by atoms with Crippen molar-refractivity contribution in [2.24, 2.45) is 0 Å². The van der Waals surface area contributed by atoms with Crippen LogP contribution in [0.15, 0.2) is 48.8 Å². The molecule has 0 radical (unpaired) electrons. The third-order valence-electron chi connectivity index (χ3n) is 9.34. The minimum Gasteiger partial charge on any atom is -0.489 e. The average Bonchev–Trinajstić information content (AvgIpc) is 3.76. The van der Waals surface area contributed by atoms with Crippen LogP contribution in [0.25, 0.3) is 5.69 Å². The molecule has 10 nitrogen and oxygen atoms in total. The number of alkyl halides is 3. The molecule has 4 aliphatic heterocycles. The van der Waals surface area contributed by atoms with Crippen molar-refractivity contribution in [3.63, 3.8) is 0 Å².